The Morgan fingerprint density at radius 2 is 2.29 bits per heavy atom. The normalized spacial score (nSPS) is 10.4. The van der Waals surface area contributed by atoms with Crippen LogP contribution in [0.1, 0.15) is 5.82 Å². The lowest BCUT2D eigenvalue weighted by atomic mass is 10.6. The number of rotatable bonds is 3. The van der Waals surface area contributed by atoms with Gasteiger partial charge in [-0.3, -0.25) is 4.68 Å². The van der Waals surface area contributed by atoms with Gasteiger partial charge in [0.2, 0.25) is 5.82 Å². The Labute approximate surface area is 80.3 Å². The van der Waals surface area contributed by atoms with Crippen LogP contribution < -0.4 is 4.74 Å². The summed E-state index contributed by atoms with van der Waals surface area (Å²) < 4.78 is 7.03. The van der Waals surface area contributed by atoms with E-state index in [9.17, 15) is 0 Å². The molecule has 0 aliphatic rings. The molecule has 0 bridgehead atoms. The third-order valence-electron chi connectivity index (χ3n) is 1.60. The summed E-state index contributed by atoms with van der Waals surface area (Å²) in [4.78, 5) is 1.39. The average Bonchev–Trinajstić information content (AvgIpc) is 2.72. The molecule has 0 aliphatic carbocycles. The zero-order valence-corrected chi connectivity index (χ0v) is 7.95. The van der Waals surface area contributed by atoms with E-state index in [0.717, 1.165) is 0 Å². The molecule has 0 radical (unpaired) electrons. The van der Waals surface area contributed by atoms with E-state index >= 15 is 0 Å². The van der Waals surface area contributed by atoms with Gasteiger partial charge in [-0.25, -0.2) is 0 Å². The number of hydrogen-bond donors (Lipinski definition) is 0. The van der Waals surface area contributed by atoms with E-state index in [1.54, 1.807) is 24.1 Å². The summed E-state index contributed by atoms with van der Waals surface area (Å²) in [5.74, 6) is 1.25. The average molecular weight is 194 g/mol. The van der Waals surface area contributed by atoms with E-state index in [1.165, 1.54) is 4.80 Å². The predicted molar refractivity (Wildman–Crippen MR) is 46.3 cm³/mol. The van der Waals surface area contributed by atoms with Gasteiger partial charge in [-0.05, 0) is 5.21 Å². The standard InChI is InChI=1S/C7H10N6O/c1-12-4-6(3-8-12)14-5-7-9-11-13(2)10-7/h3-4H,5H2,1-2H3. The SMILES string of the molecule is Cn1cc(OCc2nnn(C)n2)cn1. The molecule has 2 heterocycles. The van der Waals surface area contributed by atoms with E-state index in [1.807, 2.05) is 7.05 Å². The molecule has 0 aliphatic heterocycles. The largest absolute Gasteiger partial charge is 0.482 e. The maximum atomic E-state index is 5.36. The van der Waals surface area contributed by atoms with Crippen molar-refractivity contribution in [2.24, 2.45) is 14.1 Å². The first-order valence-electron chi connectivity index (χ1n) is 4.08. The maximum absolute atomic E-state index is 5.36. The van der Waals surface area contributed by atoms with Gasteiger partial charge in [0, 0.05) is 7.05 Å². The first kappa shape index (κ1) is 8.67. The molecule has 14 heavy (non-hydrogen) atoms. The van der Waals surface area contributed by atoms with Crippen molar-refractivity contribution in [3.05, 3.63) is 18.2 Å². The zero-order chi connectivity index (χ0) is 9.97. The lowest BCUT2D eigenvalue weighted by molar-refractivity contribution is 0.295. The minimum atomic E-state index is 0.305. The first-order chi connectivity index (χ1) is 6.74. The fourth-order valence-corrected chi connectivity index (χ4v) is 1.00. The van der Waals surface area contributed by atoms with Crippen molar-refractivity contribution in [1.29, 1.82) is 0 Å². The van der Waals surface area contributed by atoms with E-state index in [4.69, 9.17) is 4.74 Å². The van der Waals surface area contributed by atoms with Crippen LogP contribution in [0.4, 0.5) is 0 Å². The van der Waals surface area contributed by atoms with E-state index < -0.39 is 0 Å². The molecule has 0 saturated carbocycles. The van der Waals surface area contributed by atoms with Crippen LogP contribution in [0.15, 0.2) is 12.4 Å². The smallest absolute Gasteiger partial charge is 0.212 e. The van der Waals surface area contributed by atoms with Gasteiger partial charge in [0.25, 0.3) is 0 Å². The minimum Gasteiger partial charge on any atom is -0.482 e. The number of aromatic nitrogens is 6. The summed E-state index contributed by atoms with van der Waals surface area (Å²) in [6, 6.07) is 0. The Hall–Kier alpha value is -1.92. The van der Waals surface area contributed by atoms with Crippen LogP contribution in [-0.2, 0) is 20.7 Å². The fourth-order valence-electron chi connectivity index (χ4n) is 1.00. The van der Waals surface area contributed by atoms with Gasteiger partial charge in [-0.2, -0.15) is 9.90 Å². The van der Waals surface area contributed by atoms with Crippen molar-refractivity contribution in [3.8, 4) is 5.75 Å². The van der Waals surface area contributed by atoms with Crippen LogP contribution in [0.25, 0.3) is 0 Å². The number of tetrazole rings is 1. The molecule has 74 valence electrons. The topological polar surface area (TPSA) is 70.7 Å². The van der Waals surface area contributed by atoms with Gasteiger partial charge < -0.3 is 4.74 Å². The van der Waals surface area contributed by atoms with Crippen LogP contribution in [0.5, 0.6) is 5.75 Å². The van der Waals surface area contributed by atoms with Gasteiger partial charge in [-0.15, -0.1) is 10.2 Å². The molecule has 0 fully saturated rings. The second kappa shape index (κ2) is 3.44. The summed E-state index contributed by atoms with van der Waals surface area (Å²) in [6.07, 6.45) is 3.41. The maximum Gasteiger partial charge on any atom is 0.212 e. The second-order valence-corrected chi connectivity index (χ2v) is 2.83. The summed E-state index contributed by atoms with van der Waals surface area (Å²) in [5, 5.41) is 15.4. The molecule has 0 saturated heterocycles. The molecule has 0 N–H and O–H groups in total. The number of aryl methyl sites for hydroxylation is 2. The van der Waals surface area contributed by atoms with Crippen molar-refractivity contribution in [2.75, 3.05) is 0 Å². The van der Waals surface area contributed by atoms with Gasteiger partial charge in [0.05, 0.1) is 19.4 Å². The lowest BCUT2D eigenvalue weighted by Gasteiger charge is -1.96. The molecule has 0 spiro atoms. The zero-order valence-electron chi connectivity index (χ0n) is 7.95. The summed E-state index contributed by atoms with van der Waals surface area (Å²) in [7, 11) is 3.54. The van der Waals surface area contributed by atoms with E-state index in [2.05, 4.69) is 20.5 Å². The summed E-state index contributed by atoms with van der Waals surface area (Å²) in [6.45, 7) is 0.305. The second-order valence-electron chi connectivity index (χ2n) is 2.83. The molecule has 0 atom stereocenters. The van der Waals surface area contributed by atoms with Crippen molar-refractivity contribution < 1.29 is 4.74 Å². The molecule has 2 aromatic rings. The van der Waals surface area contributed by atoms with Crippen molar-refractivity contribution in [1.82, 2.24) is 30.0 Å². The minimum absolute atomic E-state index is 0.305. The Morgan fingerprint density at radius 1 is 1.43 bits per heavy atom. The van der Waals surface area contributed by atoms with Gasteiger partial charge in [-0.1, -0.05) is 0 Å². The predicted octanol–water partition coefficient (Wildman–Crippen LogP) is -0.477. The summed E-state index contributed by atoms with van der Waals surface area (Å²) in [5.41, 5.74) is 0. The molecular weight excluding hydrogens is 184 g/mol. The number of hydrogen-bond acceptors (Lipinski definition) is 5. The Balaban J connectivity index is 1.94. The quantitative estimate of drug-likeness (QED) is 0.660. The van der Waals surface area contributed by atoms with Crippen LogP contribution in [0.3, 0.4) is 0 Å². The Morgan fingerprint density at radius 3 is 2.86 bits per heavy atom. The number of ether oxygens (including phenoxy) is 1. The highest BCUT2D eigenvalue weighted by Crippen LogP contribution is 2.08. The third kappa shape index (κ3) is 1.87. The lowest BCUT2D eigenvalue weighted by Crippen LogP contribution is -1.98. The molecule has 0 aromatic carbocycles. The monoisotopic (exact) mass is 194 g/mol. The molecule has 2 rings (SSSR count). The van der Waals surface area contributed by atoms with Gasteiger partial charge in [0.1, 0.15) is 0 Å². The first-order valence-corrected chi connectivity index (χ1v) is 4.08. The van der Waals surface area contributed by atoms with Crippen molar-refractivity contribution in [3.63, 3.8) is 0 Å². The van der Waals surface area contributed by atoms with Crippen LogP contribution in [0, 0.1) is 0 Å². The molecule has 0 unspecified atom stereocenters. The van der Waals surface area contributed by atoms with Crippen LogP contribution in [0.2, 0.25) is 0 Å². The Kier molecular flexibility index (Phi) is 2.13. The van der Waals surface area contributed by atoms with Crippen LogP contribution >= 0.6 is 0 Å². The fraction of sp³-hybridized carbons (Fsp3) is 0.429. The van der Waals surface area contributed by atoms with Crippen molar-refractivity contribution >= 4 is 0 Å². The van der Waals surface area contributed by atoms with Crippen molar-refractivity contribution in [2.45, 2.75) is 6.61 Å². The van der Waals surface area contributed by atoms with E-state index in [-0.39, 0.29) is 0 Å². The van der Waals surface area contributed by atoms with Crippen LogP contribution in [-0.4, -0.2) is 30.0 Å². The highest BCUT2D eigenvalue weighted by Gasteiger charge is 2.02. The Bertz CT molecular complexity index is 379. The molecular formula is C7H10N6O. The number of nitrogens with zero attached hydrogens (tertiary/aromatic N) is 6. The molecule has 7 heteroatoms. The highest BCUT2D eigenvalue weighted by molar-refractivity contribution is 5.11. The van der Waals surface area contributed by atoms with Gasteiger partial charge in [0.15, 0.2) is 12.4 Å². The van der Waals surface area contributed by atoms with E-state index in [0.29, 0.717) is 18.2 Å². The van der Waals surface area contributed by atoms with Gasteiger partial charge >= 0.3 is 0 Å². The molecule has 2 aromatic heterocycles. The third-order valence-corrected chi connectivity index (χ3v) is 1.60. The molecule has 0 amide bonds. The highest BCUT2D eigenvalue weighted by atomic mass is 16.5. The molecule has 7 nitrogen and oxygen atoms in total. The summed E-state index contributed by atoms with van der Waals surface area (Å²) >= 11 is 0.